The van der Waals surface area contributed by atoms with E-state index in [0.29, 0.717) is 5.56 Å². The van der Waals surface area contributed by atoms with E-state index in [0.717, 1.165) is 5.92 Å². The Labute approximate surface area is 77.1 Å². The highest BCUT2D eigenvalue weighted by molar-refractivity contribution is 5.43. The zero-order valence-corrected chi connectivity index (χ0v) is 7.34. The van der Waals surface area contributed by atoms with Crippen LogP contribution in [0.5, 0.6) is 0 Å². The van der Waals surface area contributed by atoms with Gasteiger partial charge in [0, 0.05) is 11.5 Å². The lowest BCUT2D eigenvalue weighted by molar-refractivity contribution is 0.613. The molecular formula is C11H9FN. The van der Waals surface area contributed by atoms with Gasteiger partial charge in [-0.3, -0.25) is 0 Å². The van der Waals surface area contributed by atoms with Crippen molar-refractivity contribution in [2.75, 3.05) is 0 Å². The molecule has 1 aromatic rings. The average Bonchev–Trinajstić information content (AvgIpc) is 2.17. The van der Waals surface area contributed by atoms with Crippen LogP contribution < -0.4 is 0 Å². The SMILES string of the molecule is C=C[C](C)c1cccc(C#N)c1F. The topological polar surface area (TPSA) is 23.8 Å². The Morgan fingerprint density at radius 2 is 2.31 bits per heavy atom. The van der Waals surface area contributed by atoms with Gasteiger partial charge in [-0.05, 0) is 6.07 Å². The monoisotopic (exact) mass is 174 g/mol. The summed E-state index contributed by atoms with van der Waals surface area (Å²) in [5.74, 6) is 0.261. The average molecular weight is 174 g/mol. The quantitative estimate of drug-likeness (QED) is 0.676. The number of nitriles is 1. The summed E-state index contributed by atoms with van der Waals surface area (Å²) in [6, 6.07) is 6.53. The third kappa shape index (κ3) is 1.75. The maximum atomic E-state index is 13.4. The lowest BCUT2D eigenvalue weighted by Crippen LogP contribution is -1.97. The van der Waals surface area contributed by atoms with E-state index < -0.39 is 5.82 Å². The van der Waals surface area contributed by atoms with Crippen LogP contribution in [0.2, 0.25) is 0 Å². The van der Waals surface area contributed by atoms with Gasteiger partial charge in [0.15, 0.2) is 0 Å². The smallest absolute Gasteiger partial charge is 0.145 e. The molecule has 0 N–H and O–H groups in total. The molecule has 0 aromatic heterocycles. The summed E-state index contributed by atoms with van der Waals surface area (Å²) in [5, 5.41) is 8.57. The Bertz CT molecular complexity index is 363. The largest absolute Gasteiger partial charge is 0.205 e. The van der Waals surface area contributed by atoms with Gasteiger partial charge in [-0.15, -0.1) is 6.58 Å². The number of hydrogen-bond acceptors (Lipinski definition) is 1. The van der Waals surface area contributed by atoms with Crippen molar-refractivity contribution in [3.05, 3.63) is 53.7 Å². The molecule has 0 saturated heterocycles. The van der Waals surface area contributed by atoms with Gasteiger partial charge in [0.05, 0.1) is 5.56 Å². The second-order valence-electron chi connectivity index (χ2n) is 2.67. The highest BCUT2D eigenvalue weighted by Crippen LogP contribution is 2.20. The zero-order valence-electron chi connectivity index (χ0n) is 7.34. The molecule has 65 valence electrons. The van der Waals surface area contributed by atoms with Gasteiger partial charge in [0.25, 0.3) is 0 Å². The molecule has 0 bridgehead atoms. The van der Waals surface area contributed by atoms with Gasteiger partial charge in [0.2, 0.25) is 0 Å². The minimum Gasteiger partial charge on any atom is -0.205 e. The van der Waals surface area contributed by atoms with Crippen molar-refractivity contribution >= 4 is 0 Å². The van der Waals surface area contributed by atoms with Gasteiger partial charge in [-0.25, -0.2) is 4.39 Å². The van der Waals surface area contributed by atoms with Crippen molar-refractivity contribution in [3.8, 4) is 6.07 Å². The van der Waals surface area contributed by atoms with E-state index in [4.69, 9.17) is 5.26 Å². The Morgan fingerprint density at radius 1 is 1.62 bits per heavy atom. The summed E-state index contributed by atoms with van der Waals surface area (Å²) < 4.78 is 13.4. The van der Waals surface area contributed by atoms with Crippen LogP contribution in [-0.4, -0.2) is 0 Å². The minimum absolute atomic E-state index is 0.0682. The summed E-state index contributed by atoms with van der Waals surface area (Å²) in [6.07, 6.45) is 1.57. The van der Waals surface area contributed by atoms with Crippen LogP contribution in [0.1, 0.15) is 18.1 Å². The number of rotatable bonds is 2. The van der Waals surface area contributed by atoms with Gasteiger partial charge in [-0.1, -0.05) is 25.1 Å². The minimum atomic E-state index is -0.470. The molecule has 0 saturated carbocycles. The maximum absolute atomic E-state index is 13.4. The van der Waals surface area contributed by atoms with Crippen LogP contribution >= 0.6 is 0 Å². The standard InChI is InChI=1S/C11H9FN/c1-3-8(2)10-6-4-5-9(7-13)11(10)12/h3-6H,1H2,2H3. The molecule has 0 atom stereocenters. The molecule has 1 aromatic carbocycles. The van der Waals surface area contributed by atoms with E-state index >= 15 is 0 Å². The Hall–Kier alpha value is -1.62. The molecule has 1 radical (unpaired) electrons. The molecule has 0 spiro atoms. The molecule has 1 rings (SSSR count). The van der Waals surface area contributed by atoms with Gasteiger partial charge < -0.3 is 0 Å². The predicted molar refractivity (Wildman–Crippen MR) is 49.3 cm³/mol. The lowest BCUT2D eigenvalue weighted by Gasteiger charge is -2.06. The van der Waals surface area contributed by atoms with Crippen molar-refractivity contribution in [2.24, 2.45) is 0 Å². The van der Waals surface area contributed by atoms with E-state index in [-0.39, 0.29) is 5.56 Å². The first-order valence-electron chi connectivity index (χ1n) is 3.85. The second kappa shape index (κ2) is 3.86. The summed E-state index contributed by atoms with van der Waals surface area (Å²) >= 11 is 0. The van der Waals surface area contributed by atoms with Crippen LogP contribution in [0.3, 0.4) is 0 Å². The Morgan fingerprint density at radius 3 is 2.85 bits per heavy atom. The number of halogens is 1. The van der Waals surface area contributed by atoms with Gasteiger partial charge in [-0.2, -0.15) is 5.26 Å². The Kier molecular flexibility index (Phi) is 2.81. The lowest BCUT2D eigenvalue weighted by atomic mass is 9.99. The van der Waals surface area contributed by atoms with Crippen molar-refractivity contribution < 1.29 is 4.39 Å². The molecule has 0 heterocycles. The maximum Gasteiger partial charge on any atom is 0.145 e. The van der Waals surface area contributed by atoms with Crippen LogP contribution in [0.15, 0.2) is 30.9 Å². The number of nitrogens with zero attached hydrogens (tertiary/aromatic N) is 1. The van der Waals surface area contributed by atoms with E-state index in [1.807, 2.05) is 0 Å². The molecule has 13 heavy (non-hydrogen) atoms. The number of hydrogen-bond donors (Lipinski definition) is 0. The third-order valence-corrected chi connectivity index (χ3v) is 1.85. The summed E-state index contributed by atoms with van der Waals surface area (Å²) in [5.41, 5.74) is 0.507. The van der Waals surface area contributed by atoms with Crippen molar-refractivity contribution in [1.29, 1.82) is 5.26 Å². The first-order valence-corrected chi connectivity index (χ1v) is 3.85. The fourth-order valence-corrected chi connectivity index (χ4v) is 1.03. The van der Waals surface area contributed by atoms with Gasteiger partial charge in [0.1, 0.15) is 11.9 Å². The van der Waals surface area contributed by atoms with Crippen molar-refractivity contribution in [3.63, 3.8) is 0 Å². The molecule has 0 aliphatic heterocycles. The molecule has 0 unspecified atom stereocenters. The molecule has 0 fully saturated rings. The van der Waals surface area contributed by atoms with E-state index in [2.05, 4.69) is 6.58 Å². The first-order chi connectivity index (χ1) is 6.20. The van der Waals surface area contributed by atoms with Crippen LogP contribution in [-0.2, 0) is 0 Å². The van der Waals surface area contributed by atoms with Gasteiger partial charge >= 0.3 is 0 Å². The molecule has 2 heteroatoms. The van der Waals surface area contributed by atoms with Crippen LogP contribution in [0, 0.1) is 23.1 Å². The van der Waals surface area contributed by atoms with E-state index in [1.54, 1.807) is 31.2 Å². The van der Waals surface area contributed by atoms with Crippen LogP contribution in [0.25, 0.3) is 0 Å². The third-order valence-electron chi connectivity index (χ3n) is 1.85. The molecule has 0 aliphatic carbocycles. The fourth-order valence-electron chi connectivity index (χ4n) is 1.03. The zero-order chi connectivity index (χ0) is 9.84. The molecular weight excluding hydrogens is 165 g/mol. The normalized spacial score (nSPS) is 9.69. The molecule has 1 nitrogen and oxygen atoms in total. The predicted octanol–water partition coefficient (Wildman–Crippen LogP) is 2.83. The van der Waals surface area contributed by atoms with E-state index in [9.17, 15) is 4.39 Å². The fraction of sp³-hybridized carbons (Fsp3) is 0.0909. The number of allylic oxidation sites excluding steroid dienone is 1. The first kappa shape index (κ1) is 9.47. The number of benzene rings is 1. The van der Waals surface area contributed by atoms with E-state index in [1.165, 1.54) is 6.07 Å². The summed E-state index contributed by atoms with van der Waals surface area (Å²) in [4.78, 5) is 0. The molecule has 0 amide bonds. The highest BCUT2D eigenvalue weighted by Gasteiger charge is 2.11. The Balaban J connectivity index is 3.25. The highest BCUT2D eigenvalue weighted by atomic mass is 19.1. The second-order valence-corrected chi connectivity index (χ2v) is 2.67. The summed E-state index contributed by atoms with van der Waals surface area (Å²) in [6.45, 7) is 5.30. The van der Waals surface area contributed by atoms with Crippen LogP contribution in [0.4, 0.5) is 4.39 Å². The summed E-state index contributed by atoms with van der Waals surface area (Å²) in [7, 11) is 0. The molecule has 0 aliphatic rings. The van der Waals surface area contributed by atoms with Crippen molar-refractivity contribution in [2.45, 2.75) is 6.92 Å². The van der Waals surface area contributed by atoms with Crippen molar-refractivity contribution in [1.82, 2.24) is 0 Å².